The summed E-state index contributed by atoms with van der Waals surface area (Å²) in [5, 5.41) is 3.43. The maximum atomic E-state index is 12.7. The van der Waals surface area contributed by atoms with Crippen LogP contribution in [-0.4, -0.2) is 43.0 Å². The Labute approximate surface area is 127 Å². The van der Waals surface area contributed by atoms with E-state index in [1.165, 1.54) is 17.7 Å². The van der Waals surface area contributed by atoms with Crippen molar-refractivity contribution in [2.24, 2.45) is 0 Å². The van der Waals surface area contributed by atoms with Crippen LogP contribution in [0.15, 0.2) is 24.3 Å². The summed E-state index contributed by atoms with van der Waals surface area (Å²) in [5.41, 5.74) is 2.50. The monoisotopic (exact) mass is 287 g/mol. The third-order valence-corrected chi connectivity index (χ3v) is 4.72. The van der Waals surface area contributed by atoms with E-state index in [0.717, 1.165) is 26.1 Å². The van der Waals surface area contributed by atoms with E-state index in [4.69, 9.17) is 0 Å². The van der Waals surface area contributed by atoms with Gasteiger partial charge in [0, 0.05) is 44.3 Å². The molecule has 0 bridgehead atoms. The van der Waals surface area contributed by atoms with Gasteiger partial charge in [-0.25, -0.2) is 0 Å². The molecule has 114 valence electrons. The van der Waals surface area contributed by atoms with Crippen molar-refractivity contribution in [2.45, 2.75) is 44.8 Å². The lowest BCUT2D eigenvalue weighted by molar-refractivity contribution is -0.134. The molecule has 0 spiro atoms. The zero-order valence-corrected chi connectivity index (χ0v) is 13.0. The lowest BCUT2D eigenvalue weighted by Gasteiger charge is -2.29. The molecule has 0 aromatic heterocycles. The summed E-state index contributed by atoms with van der Waals surface area (Å²) in [6.07, 6.45) is 2.96. The quantitative estimate of drug-likeness (QED) is 0.903. The number of hydrogen-bond acceptors (Lipinski definition) is 3. The minimum atomic E-state index is 0.247. The minimum Gasteiger partial charge on any atom is -0.372 e. The van der Waals surface area contributed by atoms with Crippen molar-refractivity contribution >= 4 is 11.6 Å². The topological polar surface area (TPSA) is 35.6 Å². The Balaban J connectivity index is 1.77. The standard InChI is InChI=1S/C17H25N3O/c1-13-11-19(2)16-8-4-3-6-14(16)12-20(13)17(21)10-15-7-5-9-18-15/h3-4,6,8,13,15,18H,5,7,9-12H2,1-2H3. The summed E-state index contributed by atoms with van der Waals surface area (Å²) in [7, 11) is 2.11. The molecule has 2 aliphatic rings. The van der Waals surface area contributed by atoms with Crippen LogP contribution >= 0.6 is 0 Å². The molecule has 0 saturated carbocycles. The van der Waals surface area contributed by atoms with Gasteiger partial charge in [-0.2, -0.15) is 0 Å². The van der Waals surface area contributed by atoms with Crippen LogP contribution in [0.25, 0.3) is 0 Å². The summed E-state index contributed by atoms with van der Waals surface area (Å²) >= 11 is 0. The van der Waals surface area contributed by atoms with Crippen molar-refractivity contribution in [1.29, 1.82) is 0 Å². The van der Waals surface area contributed by atoms with Gasteiger partial charge in [-0.05, 0) is 37.9 Å². The zero-order chi connectivity index (χ0) is 14.8. The highest BCUT2D eigenvalue weighted by Gasteiger charge is 2.28. The number of nitrogens with one attached hydrogen (secondary N) is 1. The molecule has 0 aliphatic carbocycles. The normalized spacial score (nSPS) is 25.6. The van der Waals surface area contributed by atoms with Crippen molar-refractivity contribution in [1.82, 2.24) is 10.2 Å². The van der Waals surface area contributed by atoms with Gasteiger partial charge < -0.3 is 15.1 Å². The Morgan fingerprint density at radius 1 is 1.38 bits per heavy atom. The fraction of sp³-hybridized carbons (Fsp3) is 0.588. The largest absolute Gasteiger partial charge is 0.372 e. The van der Waals surface area contributed by atoms with Crippen LogP contribution in [0.1, 0.15) is 31.7 Å². The fourth-order valence-corrected chi connectivity index (χ4v) is 3.54. The van der Waals surface area contributed by atoms with E-state index in [9.17, 15) is 4.79 Å². The number of hydrogen-bond donors (Lipinski definition) is 1. The van der Waals surface area contributed by atoms with Gasteiger partial charge in [0.15, 0.2) is 0 Å². The zero-order valence-electron chi connectivity index (χ0n) is 13.0. The van der Waals surface area contributed by atoms with Crippen LogP contribution in [0, 0.1) is 0 Å². The van der Waals surface area contributed by atoms with Gasteiger partial charge in [-0.15, -0.1) is 0 Å². The van der Waals surface area contributed by atoms with E-state index in [1.54, 1.807) is 0 Å². The Morgan fingerprint density at radius 2 is 2.19 bits per heavy atom. The van der Waals surface area contributed by atoms with Gasteiger partial charge >= 0.3 is 0 Å². The van der Waals surface area contributed by atoms with Crippen molar-refractivity contribution in [3.8, 4) is 0 Å². The van der Waals surface area contributed by atoms with E-state index in [1.807, 2.05) is 0 Å². The smallest absolute Gasteiger partial charge is 0.224 e. The molecule has 1 saturated heterocycles. The number of likely N-dealkylation sites (N-methyl/N-ethyl adjacent to an activating group) is 1. The van der Waals surface area contributed by atoms with Crippen LogP contribution in [-0.2, 0) is 11.3 Å². The van der Waals surface area contributed by atoms with Crippen molar-refractivity contribution in [3.05, 3.63) is 29.8 Å². The number of carbonyl (C=O) groups excluding carboxylic acids is 1. The number of amides is 1. The predicted molar refractivity (Wildman–Crippen MR) is 85.4 cm³/mol. The second-order valence-corrected chi connectivity index (χ2v) is 6.38. The lowest BCUT2D eigenvalue weighted by Crippen LogP contribution is -2.43. The molecule has 2 aliphatic heterocycles. The fourth-order valence-electron chi connectivity index (χ4n) is 3.54. The van der Waals surface area contributed by atoms with Crippen LogP contribution in [0.4, 0.5) is 5.69 Å². The third-order valence-electron chi connectivity index (χ3n) is 4.72. The highest BCUT2D eigenvalue weighted by molar-refractivity contribution is 5.78. The summed E-state index contributed by atoms with van der Waals surface area (Å²) in [6, 6.07) is 9.04. The lowest BCUT2D eigenvalue weighted by atomic mass is 10.1. The van der Waals surface area contributed by atoms with Crippen molar-refractivity contribution < 1.29 is 4.79 Å². The highest BCUT2D eigenvalue weighted by Crippen LogP contribution is 2.26. The first-order valence-corrected chi connectivity index (χ1v) is 7.97. The van der Waals surface area contributed by atoms with Crippen LogP contribution < -0.4 is 10.2 Å². The van der Waals surface area contributed by atoms with Crippen molar-refractivity contribution in [2.75, 3.05) is 25.0 Å². The van der Waals surface area contributed by atoms with Gasteiger partial charge in [0.1, 0.15) is 0 Å². The molecule has 3 rings (SSSR count). The molecule has 1 aromatic rings. The summed E-state index contributed by atoms with van der Waals surface area (Å²) < 4.78 is 0. The minimum absolute atomic E-state index is 0.247. The van der Waals surface area contributed by atoms with Crippen LogP contribution in [0.5, 0.6) is 0 Å². The van der Waals surface area contributed by atoms with Gasteiger partial charge in [0.25, 0.3) is 0 Å². The van der Waals surface area contributed by atoms with Crippen LogP contribution in [0.3, 0.4) is 0 Å². The average molecular weight is 287 g/mol. The molecule has 21 heavy (non-hydrogen) atoms. The Morgan fingerprint density at radius 3 is 2.95 bits per heavy atom. The third kappa shape index (κ3) is 3.05. The molecular formula is C17H25N3O. The van der Waals surface area contributed by atoms with Gasteiger partial charge in [0.05, 0.1) is 0 Å². The maximum absolute atomic E-state index is 12.7. The molecule has 1 N–H and O–H groups in total. The highest BCUT2D eigenvalue weighted by atomic mass is 16.2. The van der Waals surface area contributed by atoms with E-state index in [0.29, 0.717) is 12.5 Å². The number of nitrogens with zero attached hydrogens (tertiary/aromatic N) is 2. The first-order chi connectivity index (χ1) is 10.1. The second kappa shape index (κ2) is 6.06. The second-order valence-electron chi connectivity index (χ2n) is 6.38. The van der Waals surface area contributed by atoms with Crippen LogP contribution in [0.2, 0.25) is 0 Å². The predicted octanol–water partition coefficient (Wildman–Crippen LogP) is 2.00. The molecule has 0 radical (unpaired) electrons. The number of para-hydroxylation sites is 1. The molecule has 1 fully saturated rings. The molecule has 1 amide bonds. The summed E-state index contributed by atoms with van der Waals surface area (Å²) in [4.78, 5) is 17.0. The van der Waals surface area contributed by atoms with E-state index >= 15 is 0 Å². The molecule has 4 heteroatoms. The number of benzene rings is 1. The van der Waals surface area contributed by atoms with Gasteiger partial charge in [-0.3, -0.25) is 4.79 Å². The van der Waals surface area contributed by atoms with Gasteiger partial charge in [-0.1, -0.05) is 18.2 Å². The maximum Gasteiger partial charge on any atom is 0.224 e. The Kier molecular flexibility index (Phi) is 4.15. The Hall–Kier alpha value is -1.55. The number of fused-ring (bicyclic) bond motifs is 1. The molecule has 2 atom stereocenters. The Bertz CT molecular complexity index is 511. The molecule has 2 heterocycles. The molecule has 1 aromatic carbocycles. The van der Waals surface area contributed by atoms with E-state index in [2.05, 4.69) is 53.4 Å². The van der Waals surface area contributed by atoms with Gasteiger partial charge in [0.2, 0.25) is 5.91 Å². The van der Waals surface area contributed by atoms with E-state index < -0.39 is 0 Å². The summed E-state index contributed by atoms with van der Waals surface area (Å²) in [5.74, 6) is 0.284. The molecule has 4 nitrogen and oxygen atoms in total. The number of carbonyl (C=O) groups is 1. The average Bonchev–Trinajstić information content (AvgIpc) is 2.93. The van der Waals surface area contributed by atoms with Crippen molar-refractivity contribution in [3.63, 3.8) is 0 Å². The van der Waals surface area contributed by atoms with E-state index in [-0.39, 0.29) is 11.9 Å². The summed E-state index contributed by atoms with van der Waals surface area (Å²) in [6.45, 7) is 4.83. The molecular weight excluding hydrogens is 262 g/mol. The molecule has 2 unspecified atom stereocenters. The SMILES string of the molecule is CC1CN(C)c2ccccc2CN1C(=O)CC1CCCN1. The number of rotatable bonds is 2. The number of anilines is 1. The first-order valence-electron chi connectivity index (χ1n) is 7.97. The first kappa shape index (κ1) is 14.4.